The zero-order valence-corrected chi connectivity index (χ0v) is 17.6. The molecule has 0 spiro atoms. The Morgan fingerprint density at radius 1 is 1.00 bits per heavy atom. The number of anilines is 1. The van der Waals surface area contributed by atoms with E-state index in [1.165, 1.54) is 24.3 Å². The molecule has 0 heterocycles. The highest BCUT2D eigenvalue weighted by Crippen LogP contribution is 2.44. The Labute approximate surface area is 186 Å². The van der Waals surface area contributed by atoms with E-state index in [1.807, 2.05) is 24.3 Å². The van der Waals surface area contributed by atoms with Crippen LogP contribution >= 0.6 is 0 Å². The molecule has 32 heavy (non-hydrogen) atoms. The van der Waals surface area contributed by atoms with Gasteiger partial charge >= 0.3 is 12.1 Å². The van der Waals surface area contributed by atoms with E-state index in [9.17, 15) is 9.59 Å². The maximum Gasteiger partial charge on any atom is 0.407 e. The van der Waals surface area contributed by atoms with Crippen LogP contribution in [-0.4, -0.2) is 32.3 Å². The van der Waals surface area contributed by atoms with Gasteiger partial charge in [-0.1, -0.05) is 60.4 Å². The molecule has 0 unspecified atom stereocenters. The highest BCUT2D eigenvalue weighted by Gasteiger charge is 2.28. The Morgan fingerprint density at radius 3 is 2.31 bits per heavy atom. The van der Waals surface area contributed by atoms with Crippen LogP contribution in [0.1, 0.15) is 33.0 Å². The summed E-state index contributed by atoms with van der Waals surface area (Å²) >= 11 is 0. The molecule has 6 nitrogen and oxygen atoms in total. The molecule has 3 N–H and O–H groups in total. The second kappa shape index (κ2) is 9.27. The Bertz CT molecular complexity index is 1190. The van der Waals surface area contributed by atoms with Crippen molar-refractivity contribution < 1.29 is 19.1 Å². The van der Waals surface area contributed by atoms with Gasteiger partial charge in [0.1, 0.15) is 6.61 Å². The van der Waals surface area contributed by atoms with Crippen molar-refractivity contribution in [3.63, 3.8) is 0 Å². The standard InChI is InChI=1S/C26H22N2O4/c1-31-25(29)23-15-18(27)13-12-17(23)7-6-14-28-26(30)32-16-24-21-10-4-2-8-19(21)20-9-3-5-11-22(20)24/h2-5,8-13,15,24H,14,16,27H2,1H3,(H,28,30). The number of rotatable bonds is 4. The number of alkyl carbamates (subject to hydrolysis) is 1. The van der Waals surface area contributed by atoms with Gasteiger partial charge in [0.25, 0.3) is 0 Å². The molecule has 1 aliphatic rings. The summed E-state index contributed by atoms with van der Waals surface area (Å²) in [6.07, 6.45) is -0.549. The summed E-state index contributed by atoms with van der Waals surface area (Å²) < 4.78 is 10.2. The minimum Gasteiger partial charge on any atom is -0.465 e. The minimum absolute atomic E-state index is 0.00312. The van der Waals surface area contributed by atoms with Crippen molar-refractivity contribution in [3.05, 3.63) is 89.0 Å². The van der Waals surface area contributed by atoms with E-state index < -0.39 is 12.1 Å². The Balaban J connectivity index is 1.37. The Morgan fingerprint density at radius 2 is 1.66 bits per heavy atom. The van der Waals surface area contributed by atoms with Crippen molar-refractivity contribution in [2.24, 2.45) is 0 Å². The third-order valence-corrected chi connectivity index (χ3v) is 5.34. The molecule has 0 bridgehead atoms. The maximum atomic E-state index is 12.2. The molecule has 1 amide bonds. The lowest BCUT2D eigenvalue weighted by Gasteiger charge is -2.14. The third-order valence-electron chi connectivity index (χ3n) is 5.34. The SMILES string of the molecule is COC(=O)c1cc(N)ccc1C#CCNC(=O)OCC1c2ccccc2-c2ccccc21. The van der Waals surface area contributed by atoms with Crippen LogP contribution in [0.3, 0.4) is 0 Å². The molecule has 6 heteroatoms. The minimum atomic E-state index is -0.549. The molecule has 3 aromatic rings. The number of carbonyl (C=O) groups excluding carboxylic acids is 2. The average Bonchev–Trinajstić information content (AvgIpc) is 3.14. The van der Waals surface area contributed by atoms with Gasteiger partial charge < -0.3 is 20.5 Å². The number of esters is 1. The first-order valence-electron chi connectivity index (χ1n) is 10.1. The van der Waals surface area contributed by atoms with Crippen molar-refractivity contribution in [2.75, 3.05) is 26.0 Å². The fourth-order valence-corrected chi connectivity index (χ4v) is 3.85. The number of hydrogen-bond acceptors (Lipinski definition) is 5. The summed E-state index contributed by atoms with van der Waals surface area (Å²) in [5.74, 6) is 5.15. The van der Waals surface area contributed by atoms with Crippen molar-refractivity contribution in [3.8, 4) is 23.0 Å². The molecule has 0 aliphatic heterocycles. The number of nitrogens with one attached hydrogen (secondary N) is 1. The lowest BCUT2D eigenvalue weighted by molar-refractivity contribution is 0.0600. The first-order chi connectivity index (χ1) is 15.6. The molecule has 160 valence electrons. The number of fused-ring (bicyclic) bond motifs is 3. The zero-order valence-electron chi connectivity index (χ0n) is 17.6. The molecular formula is C26H22N2O4. The second-order valence-electron chi connectivity index (χ2n) is 7.28. The summed E-state index contributed by atoms with van der Waals surface area (Å²) in [6.45, 7) is 0.305. The normalized spacial score (nSPS) is 11.5. The van der Waals surface area contributed by atoms with Gasteiger partial charge in [0.05, 0.1) is 19.2 Å². The fourth-order valence-electron chi connectivity index (χ4n) is 3.85. The van der Waals surface area contributed by atoms with Gasteiger partial charge in [-0.15, -0.1) is 0 Å². The topological polar surface area (TPSA) is 90.6 Å². The molecule has 4 rings (SSSR count). The number of nitrogen functional groups attached to an aromatic ring is 1. The van der Waals surface area contributed by atoms with Crippen LogP contribution in [-0.2, 0) is 9.47 Å². The lowest BCUT2D eigenvalue weighted by Crippen LogP contribution is -2.26. The monoisotopic (exact) mass is 426 g/mol. The van der Waals surface area contributed by atoms with E-state index in [0.29, 0.717) is 11.3 Å². The van der Waals surface area contributed by atoms with Crippen LogP contribution in [0.5, 0.6) is 0 Å². The van der Waals surface area contributed by atoms with E-state index >= 15 is 0 Å². The molecule has 0 radical (unpaired) electrons. The first-order valence-corrected chi connectivity index (χ1v) is 10.1. The van der Waals surface area contributed by atoms with Gasteiger partial charge in [-0.05, 0) is 40.5 Å². The van der Waals surface area contributed by atoms with Gasteiger partial charge in [-0.2, -0.15) is 0 Å². The molecule has 3 aromatic carbocycles. The molecular weight excluding hydrogens is 404 g/mol. The van der Waals surface area contributed by atoms with Gasteiger partial charge in [-0.25, -0.2) is 9.59 Å². The lowest BCUT2D eigenvalue weighted by atomic mass is 9.98. The molecule has 0 atom stereocenters. The fraction of sp³-hybridized carbons (Fsp3) is 0.154. The van der Waals surface area contributed by atoms with Crippen molar-refractivity contribution in [1.29, 1.82) is 0 Å². The summed E-state index contributed by atoms with van der Waals surface area (Å²) in [6, 6.07) is 21.1. The van der Waals surface area contributed by atoms with E-state index in [-0.39, 0.29) is 24.6 Å². The smallest absolute Gasteiger partial charge is 0.407 e. The largest absolute Gasteiger partial charge is 0.465 e. The number of ether oxygens (including phenoxy) is 2. The zero-order chi connectivity index (χ0) is 22.5. The third kappa shape index (κ3) is 4.28. The van der Waals surface area contributed by atoms with E-state index in [2.05, 4.69) is 41.4 Å². The molecule has 0 aromatic heterocycles. The van der Waals surface area contributed by atoms with Crippen LogP contribution in [0, 0.1) is 11.8 Å². The molecule has 0 saturated heterocycles. The van der Waals surface area contributed by atoms with Crippen LogP contribution in [0.4, 0.5) is 10.5 Å². The predicted molar refractivity (Wildman–Crippen MR) is 122 cm³/mol. The molecule has 0 saturated carbocycles. The first kappa shape index (κ1) is 21.0. The van der Waals surface area contributed by atoms with Crippen molar-refractivity contribution in [2.45, 2.75) is 5.92 Å². The summed E-state index contributed by atoms with van der Waals surface area (Å²) in [7, 11) is 1.29. The summed E-state index contributed by atoms with van der Waals surface area (Å²) in [5, 5.41) is 2.62. The van der Waals surface area contributed by atoms with Gasteiger partial charge in [0.2, 0.25) is 0 Å². The number of hydrogen-bond donors (Lipinski definition) is 2. The number of carbonyl (C=O) groups is 2. The van der Waals surface area contributed by atoms with Gasteiger partial charge in [0.15, 0.2) is 0 Å². The van der Waals surface area contributed by atoms with Gasteiger partial charge in [-0.3, -0.25) is 0 Å². The molecule has 0 fully saturated rings. The average molecular weight is 426 g/mol. The number of methoxy groups -OCH3 is 1. The number of nitrogens with two attached hydrogens (primary N) is 1. The van der Waals surface area contributed by atoms with Crippen LogP contribution in [0.25, 0.3) is 11.1 Å². The van der Waals surface area contributed by atoms with Crippen LogP contribution in [0.15, 0.2) is 66.7 Å². The van der Waals surface area contributed by atoms with Gasteiger partial charge in [0, 0.05) is 17.2 Å². The van der Waals surface area contributed by atoms with Crippen LogP contribution < -0.4 is 11.1 Å². The molecule has 1 aliphatic carbocycles. The van der Waals surface area contributed by atoms with Crippen molar-refractivity contribution in [1.82, 2.24) is 5.32 Å². The Hall–Kier alpha value is -4.24. The predicted octanol–water partition coefficient (Wildman–Crippen LogP) is 3.95. The number of benzene rings is 3. The quantitative estimate of drug-likeness (QED) is 0.375. The van der Waals surface area contributed by atoms with Crippen LogP contribution in [0.2, 0.25) is 0 Å². The summed E-state index contributed by atoms with van der Waals surface area (Å²) in [4.78, 5) is 24.1. The summed E-state index contributed by atoms with van der Waals surface area (Å²) in [5.41, 5.74) is 11.6. The highest BCUT2D eigenvalue weighted by molar-refractivity contribution is 5.93. The van der Waals surface area contributed by atoms with E-state index in [4.69, 9.17) is 15.2 Å². The second-order valence-corrected chi connectivity index (χ2v) is 7.28. The maximum absolute atomic E-state index is 12.2. The Kier molecular flexibility index (Phi) is 6.09. The highest BCUT2D eigenvalue weighted by atomic mass is 16.5. The number of amides is 1. The van der Waals surface area contributed by atoms with E-state index in [0.717, 1.165) is 11.1 Å². The van der Waals surface area contributed by atoms with E-state index in [1.54, 1.807) is 12.1 Å². The van der Waals surface area contributed by atoms with Crippen molar-refractivity contribution >= 4 is 17.7 Å².